The highest BCUT2D eigenvalue weighted by Gasteiger charge is 2.47. The SMILES string of the molecule is CC1(C)c2ccccc2-c2c(N(c3ccc4c(c3)C(c3ccccc3)(c3ccccc3)c3ccccc3-4)c3cccc4oc5ccccc5c34)cc3ccccc3c21. The molecule has 0 radical (unpaired) electrons. The van der Waals surface area contributed by atoms with Crippen LogP contribution >= 0.6 is 0 Å². The molecule has 9 aromatic carbocycles. The fourth-order valence-corrected chi connectivity index (χ4v) is 10.7. The van der Waals surface area contributed by atoms with Crippen LogP contribution in [0.3, 0.4) is 0 Å². The van der Waals surface area contributed by atoms with Crippen molar-refractivity contribution < 1.29 is 4.42 Å². The van der Waals surface area contributed by atoms with Crippen molar-refractivity contribution in [3.05, 3.63) is 234 Å². The quantitative estimate of drug-likeness (QED) is 0.175. The van der Waals surface area contributed by atoms with E-state index in [1.807, 2.05) is 0 Å². The first kappa shape index (κ1) is 33.0. The maximum atomic E-state index is 6.61. The summed E-state index contributed by atoms with van der Waals surface area (Å²) in [5.74, 6) is 0. The minimum atomic E-state index is -0.537. The summed E-state index contributed by atoms with van der Waals surface area (Å²) < 4.78 is 6.61. The van der Waals surface area contributed by atoms with E-state index in [-0.39, 0.29) is 5.41 Å². The Morgan fingerprint density at radius 1 is 0.431 bits per heavy atom. The van der Waals surface area contributed by atoms with Crippen LogP contribution in [0.2, 0.25) is 0 Å². The fraction of sp³-hybridized carbons (Fsp3) is 0.0714. The van der Waals surface area contributed by atoms with Crippen LogP contribution in [0.5, 0.6) is 0 Å². The largest absolute Gasteiger partial charge is 0.456 e. The van der Waals surface area contributed by atoms with E-state index in [0.717, 1.165) is 39.0 Å². The van der Waals surface area contributed by atoms with E-state index in [2.05, 4.69) is 219 Å². The van der Waals surface area contributed by atoms with Gasteiger partial charge in [0, 0.05) is 22.1 Å². The second-order valence-electron chi connectivity index (χ2n) is 16.4. The van der Waals surface area contributed by atoms with Crippen molar-refractivity contribution in [1.29, 1.82) is 0 Å². The van der Waals surface area contributed by atoms with Crippen LogP contribution in [-0.2, 0) is 10.8 Å². The Labute approximate surface area is 338 Å². The molecule has 0 fully saturated rings. The van der Waals surface area contributed by atoms with Crippen LogP contribution < -0.4 is 4.90 Å². The maximum Gasteiger partial charge on any atom is 0.137 e. The lowest BCUT2D eigenvalue weighted by atomic mass is 9.67. The molecular weight excluding hydrogens is 703 g/mol. The van der Waals surface area contributed by atoms with Gasteiger partial charge in [-0.3, -0.25) is 0 Å². The number of rotatable bonds is 5. The minimum absolute atomic E-state index is 0.211. The molecule has 2 aliphatic carbocycles. The number of benzene rings is 9. The summed E-state index contributed by atoms with van der Waals surface area (Å²) in [7, 11) is 0. The third-order valence-corrected chi connectivity index (χ3v) is 13.1. The Bertz CT molecular complexity index is 3220. The first-order valence-corrected chi connectivity index (χ1v) is 20.3. The summed E-state index contributed by atoms with van der Waals surface area (Å²) in [6.45, 7) is 4.78. The van der Waals surface area contributed by atoms with E-state index in [1.54, 1.807) is 0 Å². The molecule has 0 atom stereocenters. The van der Waals surface area contributed by atoms with E-state index in [4.69, 9.17) is 4.42 Å². The average Bonchev–Trinajstić information content (AvgIpc) is 3.89. The number of furan rings is 1. The third-order valence-electron chi connectivity index (χ3n) is 13.1. The lowest BCUT2D eigenvalue weighted by molar-refractivity contribution is 0.666. The van der Waals surface area contributed by atoms with Gasteiger partial charge in [0.2, 0.25) is 0 Å². The highest BCUT2D eigenvalue weighted by molar-refractivity contribution is 6.15. The van der Waals surface area contributed by atoms with Gasteiger partial charge >= 0.3 is 0 Å². The second-order valence-corrected chi connectivity index (χ2v) is 16.4. The molecule has 1 aromatic heterocycles. The molecule has 0 N–H and O–H groups in total. The molecule has 2 heteroatoms. The van der Waals surface area contributed by atoms with E-state index in [1.165, 1.54) is 66.4 Å². The molecule has 58 heavy (non-hydrogen) atoms. The van der Waals surface area contributed by atoms with Gasteiger partial charge in [0.05, 0.1) is 22.2 Å². The molecule has 2 aliphatic rings. The summed E-state index contributed by atoms with van der Waals surface area (Å²) >= 11 is 0. The zero-order valence-corrected chi connectivity index (χ0v) is 32.4. The smallest absolute Gasteiger partial charge is 0.137 e. The summed E-state index contributed by atoms with van der Waals surface area (Å²) in [6, 6.07) is 73.8. The number of fused-ring (bicyclic) bond motifs is 11. The van der Waals surface area contributed by atoms with Crippen molar-refractivity contribution in [2.45, 2.75) is 24.7 Å². The Kier molecular flexibility index (Phi) is 6.93. The summed E-state index contributed by atoms with van der Waals surface area (Å²) in [5, 5.41) is 4.73. The summed E-state index contributed by atoms with van der Waals surface area (Å²) in [6.07, 6.45) is 0. The van der Waals surface area contributed by atoms with Crippen molar-refractivity contribution >= 4 is 49.8 Å². The molecule has 0 spiro atoms. The highest BCUT2D eigenvalue weighted by atomic mass is 16.3. The predicted molar refractivity (Wildman–Crippen MR) is 241 cm³/mol. The molecular formula is C56H39NO. The van der Waals surface area contributed by atoms with E-state index in [9.17, 15) is 0 Å². The first-order valence-electron chi connectivity index (χ1n) is 20.3. The number of para-hydroxylation sites is 1. The van der Waals surface area contributed by atoms with E-state index < -0.39 is 5.41 Å². The highest BCUT2D eigenvalue weighted by Crippen LogP contribution is 2.60. The van der Waals surface area contributed by atoms with Crippen LogP contribution in [0.25, 0.3) is 55.0 Å². The number of anilines is 3. The molecule has 0 saturated heterocycles. The molecule has 1 heterocycles. The molecule has 2 nitrogen and oxygen atoms in total. The van der Waals surface area contributed by atoms with E-state index in [0.29, 0.717) is 0 Å². The Balaban J connectivity index is 1.24. The third kappa shape index (κ3) is 4.38. The van der Waals surface area contributed by atoms with Gasteiger partial charge in [-0.05, 0) is 97.2 Å². The number of hydrogen-bond acceptors (Lipinski definition) is 2. The molecule has 0 amide bonds. The van der Waals surface area contributed by atoms with Crippen LogP contribution in [0.1, 0.15) is 47.2 Å². The molecule has 10 aromatic rings. The summed E-state index contributed by atoms with van der Waals surface area (Å²) in [4.78, 5) is 2.54. The van der Waals surface area contributed by atoms with Gasteiger partial charge in [0.25, 0.3) is 0 Å². The zero-order valence-electron chi connectivity index (χ0n) is 32.4. The Hall–Kier alpha value is -7.16. The van der Waals surface area contributed by atoms with Gasteiger partial charge in [-0.15, -0.1) is 0 Å². The predicted octanol–water partition coefficient (Wildman–Crippen LogP) is 14.9. The van der Waals surface area contributed by atoms with Crippen molar-refractivity contribution in [2.75, 3.05) is 4.90 Å². The minimum Gasteiger partial charge on any atom is -0.456 e. The second kappa shape index (κ2) is 12.2. The van der Waals surface area contributed by atoms with Crippen molar-refractivity contribution in [3.8, 4) is 22.3 Å². The van der Waals surface area contributed by atoms with Crippen molar-refractivity contribution in [1.82, 2.24) is 0 Å². The lowest BCUT2D eigenvalue weighted by Crippen LogP contribution is -2.28. The van der Waals surface area contributed by atoms with Gasteiger partial charge in [0.1, 0.15) is 11.2 Å². The average molecular weight is 742 g/mol. The molecule has 12 rings (SSSR count). The van der Waals surface area contributed by atoms with Gasteiger partial charge in [-0.2, -0.15) is 0 Å². The normalized spacial score (nSPS) is 14.3. The molecule has 0 unspecified atom stereocenters. The van der Waals surface area contributed by atoms with Crippen molar-refractivity contribution in [2.24, 2.45) is 0 Å². The first-order chi connectivity index (χ1) is 28.5. The maximum absolute atomic E-state index is 6.61. The monoisotopic (exact) mass is 741 g/mol. The van der Waals surface area contributed by atoms with Gasteiger partial charge in [-0.1, -0.05) is 178 Å². The standard InChI is InChI=1S/C56H39NO/c1-55(2)45-27-14-12-25-43(45)53-49(34-36-18-9-10-23-40(36)54(53)55)57(48-29-17-31-51-52(48)44-26-13-16-30-50(44)58-51)39-32-33-42-41-24-11-15-28-46(41)56(47(42)35-39,37-19-5-3-6-20-37)38-21-7-4-8-22-38/h3-35H,1-2H3. The number of hydrogen-bond donors (Lipinski definition) is 0. The lowest BCUT2D eigenvalue weighted by Gasteiger charge is -2.35. The molecule has 0 bridgehead atoms. The van der Waals surface area contributed by atoms with Crippen LogP contribution in [0.4, 0.5) is 17.1 Å². The van der Waals surface area contributed by atoms with Crippen molar-refractivity contribution in [3.63, 3.8) is 0 Å². The van der Waals surface area contributed by atoms with Gasteiger partial charge in [-0.25, -0.2) is 0 Å². The topological polar surface area (TPSA) is 16.4 Å². The molecule has 0 aliphatic heterocycles. The van der Waals surface area contributed by atoms with Crippen LogP contribution in [0, 0.1) is 0 Å². The van der Waals surface area contributed by atoms with Crippen LogP contribution in [-0.4, -0.2) is 0 Å². The fourth-order valence-electron chi connectivity index (χ4n) is 10.7. The van der Waals surface area contributed by atoms with E-state index >= 15 is 0 Å². The Morgan fingerprint density at radius 3 is 1.81 bits per heavy atom. The molecule has 274 valence electrons. The van der Waals surface area contributed by atoms with Gasteiger partial charge in [0.15, 0.2) is 0 Å². The summed E-state index contributed by atoms with van der Waals surface area (Å²) in [5.41, 5.74) is 17.2. The Morgan fingerprint density at radius 2 is 1.03 bits per heavy atom. The van der Waals surface area contributed by atoms with Crippen LogP contribution in [0.15, 0.2) is 205 Å². The van der Waals surface area contributed by atoms with Gasteiger partial charge < -0.3 is 9.32 Å². The molecule has 0 saturated carbocycles. The number of nitrogens with zero attached hydrogens (tertiary/aromatic N) is 1. The zero-order chi connectivity index (χ0) is 38.6.